The molecule has 0 atom stereocenters. The third kappa shape index (κ3) is 3.40. The molecule has 4 rings (SSSR count). The third-order valence-electron chi connectivity index (χ3n) is 5.57. The van der Waals surface area contributed by atoms with Crippen molar-refractivity contribution >= 4 is 17.2 Å². The zero-order chi connectivity index (χ0) is 19.7. The number of benzene rings is 1. The minimum absolute atomic E-state index is 0.0784. The Kier molecular flexibility index (Phi) is 4.89. The van der Waals surface area contributed by atoms with E-state index < -0.39 is 0 Å². The summed E-state index contributed by atoms with van der Waals surface area (Å²) >= 11 is 1.67. The number of hydrogen-bond acceptors (Lipinski definition) is 4. The maximum absolute atomic E-state index is 13.0. The van der Waals surface area contributed by atoms with Crippen LogP contribution in [-0.4, -0.2) is 33.9 Å². The molecule has 0 radical (unpaired) electrons. The van der Waals surface area contributed by atoms with Gasteiger partial charge < -0.3 is 9.88 Å². The minimum Gasteiger partial charge on any atom is -0.339 e. The first-order chi connectivity index (χ1) is 13.5. The molecule has 0 saturated carbocycles. The van der Waals surface area contributed by atoms with Crippen LogP contribution in [0.5, 0.6) is 0 Å². The topological polar surface area (TPSA) is 66.1 Å². The van der Waals surface area contributed by atoms with Crippen molar-refractivity contribution in [3.8, 4) is 0 Å². The Bertz CT molecular complexity index is 1050. The van der Waals surface area contributed by atoms with E-state index in [2.05, 4.69) is 34.6 Å². The molecule has 6 heteroatoms. The van der Waals surface area contributed by atoms with Crippen molar-refractivity contribution in [2.24, 2.45) is 0 Å². The molecule has 2 aromatic heterocycles. The molecule has 1 aromatic carbocycles. The van der Waals surface area contributed by atoms with Gasteiger partial charge in [0.25, 0.3) is 5.91 Å². The molecular weight excluding hydrogens is 370 g/mol. The normalized spacial score (nSPS) is 16.1. The van der Waals surface area contributed by atoms with Gasteiger partial charge >= 0.3 is 0 Å². The summed E-state index contributed by atoms with van der Waals surface area (Å²) in [6.45, 7) is 5.09. The van der Waals surface area contributed by atoms with Gasteiger partial charge in [0.1, 0.15) is 0 Å². The van der Waals surface area contributed by atoms with Gasteiger partial charge in [-0.25, -0.2) is 4.98 Å². The van der Waals surface area contributed by atoms with Crippen LogP contribution in [-0.2, 0) is 5.41 Å². The molecule has 0 spiro atoms. The largest absolute Gasteiger partial charge is 0.339 e. The zero-order valence-corrected chi connectivity index (χ0v) is 16.9. The number of nitrogens with zero attached hydrogens (tertiary/aromatic N) is 2. The Morgan fingerprint density at radius 1 is 1.14 bits per heavy atom. The van der Waals surface area contributed by atoms with Gasteiger partial charge in [0.2, 0.25) is 5.56 Å². The van der Waals surface area contributed by atoms with Crippen LogP contribution >= 0.6 is 11.3 Å². The molecule has 144 valence electrons. The van der Waals surface area contributed by atoms with E-state index in [0.717, 1.165) is 23.5 Å². The lowest BCUT2D eigenvalue weighted by Gasteiger charge is -2.41. The van der Waals surface area contributed by atoms with Gasteiger partial charge in [0, 0.05) is 41.2 Å². The number of aromatic amines is 1. The molecule has 5 nitrogen and oxygen atoms in total. The average Bonchev–Trinajstić information content (AvgIpc) is 3.14. The number of likely N-dealkylation sites (tertiary alicyclic amines) is 1. The van der Waals surface area contributed by atoms with Crippen molar-refractivity contribution in [1.29, 1.82) is 0 Å². The first-order valence-electron chi connectivity index (χ1n) is 9.46. The van der Waals surface area contributed by atoms with E-state index in [1.54, 1.807) is 24.3 Å². The summed E-state index contributed by atoms with van der Waals surface area (Å²) in [6.07, 6.45) is 1.63. The second kappa shape index (κ2) is 7.36. The monoisotopic (exact) mass is 393 g/mol. The molecule has 1 aliphatic heterocycles. The van der Waals surface area contributed by atoms with Crippen molar-refractivity contribution in [1.82, 2.24) is 14.9 Å². The molecule has 1 fully saturated rings. The van der Waals surface area contributed by atoms with Crippen LogP contribution in [0.1, 0.15) is 45.2 Å². The Hall–Kier alpha value is -2.73. The van der Waals surface area contributed by atoms with Crippen molar-refractivity contribution in [3.05, 3.63) is 85.7 Å². The van der Waals surface area contributed by atoms with Crippen molar-refractivity contribution in [2.75, 3.05) is 13.1 Å². The number of aryl methyl sites for hydroxylation is 2. The number of thiazole rings is 1. The SMILES string of the molecule is Cc1cc(C(=O)N2CCC(c3ccccc3)(c3csc(C)n3)CC2)cc(=O)[nH]1. The van der Waals surface area contributed by atoms with Gasteiger partial charge in [-0.2, -0.15) is 0 Å². The molecule has 1 saturated heterocycles. The number of aromatic nitrogens is 2. The first kappa shape index (κ1) is 18.6. The van der Waals surface area contributed by atoms with Crippen LogP contribution in [0.2, 0.25) is 0 Å². The predicted molar refractivity (Wildman–Crippen MR) is 111 cm³/mol. The van der Waals surface area contributed by atoms with Crippen LogP contribution in [0, 0.1) is 13.8 Å². The van der Waals surface area contributed by atoms with Gasteiger partial charge in [0.15, 0.2) is 0 Å². The molecule has 1 amide bonds. The van der Waals surface area contributed by atoms with Crippen LogP contribution < -0.4 is 5.56 Å². The van der Waals surface area contributed by atoms with E-state index in [4.69, 9.17) is 4.98 Å². The first-order valence-corrected chi connectivity index (χ1v) is 10.3. The molecule has 1 N–H and O–H groups in total. The van der Waals surface area contributed by atoms with Crippen LogP contribution in [0.25, 0.3) is 0 Å². The summed E-state index contributed by atoms with van der Waals surface area (Å²) in [5.74, 6) is -0.0784. The lowest BCUT2D eigenvalue weighted by Crippen LogP contribution is -2.46. The summed E-state index contributed by atoms with van der Waals surface area (Å²) in [5.41, 5.74) is 3.09. The van der Waals surface area contributed by atoms with Gasteiger partial charge in [-0.3, -0.25) is 9.59 Å². The number of rotatable bonds is 3. The number of piperidine rings is 1. The fourth-order valence-corrected chi connectivity index (χ4v) is 4.82. The van der Waals surface area contributed by atoms with Gasteiger partial charge in [0.05, 0.1) is 10.7 Å². The average molecular weight is 394 g/mol. The number of carbonyl (C=O) groups excluding carboxylic acids is 1. The highest BCUT2D eigenvalue weighted by Gasteiger charge is 2.40. The Morgan fingerprint density at radius 3 is 2.46 bits per heavy atom. The Morgan fingerprint density at radius 2 is 1.86 bits per heavy atom. The molecular formula is C22H23N3O2S. The van der Waals surface area contributed by atoms with E-state index >= 15 is 0 Å². The zero-order valence-electron chi connectivity index (χ0n) is 16.1. The van der Waals surface area contributed by atoms with Crippen molar-refractivity contribution < 1.29 is 4.79 Å². The predicted octanol–water partition coefficient (Wildman–Crippen LogP) is 3.67. The molecule has 3 heterocycles. The Balaban J connectivity index is 1.62. The van der Waals surface area contributed by atoms with Crippen molar-refractivity contribution in [2.45, 2.75) is 32.1 Å². The number of H-pyrrole nitrogens is 1. The summed E-state index contributed by atoms with van der Waals surface area (Å²) in [6, 6.07) is 13.6. The maximum Gasteiger partial charge on any atom is 0.254 e. The van der Waals surface area contributed by atoms with Gasteiger partial charge in [-0.1, -0.05) is 30.3 Å². The van der Waals surface area contributed by atoms with E-state index in [-0.39, 0.29) is 16.9 Å². The highest BCUT2D eigenvalue weighted by molar-refractivity contribution is 7.09. The Labute approximate surface area is 168 Å². The third-order valence-corrected chi connectivity index (χ3v) is 6.34. The van der Waals surface area contributed by atoms with Gasteiger partial charge in [-0.15, -0.1) is 11.3 Å². The quantitative estimate of drug-likeness (QED) is 0.738. The summed E-state index contributed by atoms with van der Waals surface area (Å²) in [7, 11) is 0. The van der Waals surface area contributed by atoms with Gasteiger partial charge in [-0.05, 0) is 38.3 Å². The van der Waals surface area contributed by atoms with E-state index in [1.807, 2.05) is 17.9 Å². The number of hydrogen-bond donors (Lipinski definition) is 1. The molecule has 28 heavy (non-hydrogen) atoms. The standard InChI is InChI=1S/C22H23N3O2S/c1-15-12-17(13-20(26)23-15)21(27)25-10-8-22(9-11-25,18-6-4-3-5-7-18)19-14-28-16(2)24-19/h3-7,12-14H,8-11H2,1-2H3,(H,23,26). The summed E-state index contributed by atoms with van der Waals surface area (Å²) in [4.78, 5) is 34.0. The number of pyridine rings is 1. The molecule has 1 aliphatic rings. The fraction of sp³-hybridized carbons (Fsp3) is 0.318. The fourth-order valence-electron chi connectivity index (χ4n) is 4.11. The van der Waals surface area contributed by atoms with E-state index in [0.29, 0.717) is 24.3 Å². The second-order valence-electron chi connectivity index (χ2n) is 7.41. The number of amides is 1. The minimum atomic E-state index is -0.239. The number of nitrogens with one attached hydrogen (secondary N) is 1. The molecule has 0 bridgehead atoms. The lowest BCUT2D eigenvalue weighted by atomic mass is 9.70. The number of carbonyl (C=O) groups is 1. The maximum atomic E-state index is 13.0. The summed E-state index contributed by atoms with van der Waals surface area (Å²) in [5, 5.41) is 3.21. The van der Waals surface area contributed by atoms with Crippen LogP contribution in [0.15, 0.2) is 52.6 Å². The summed E-state index contributed by atoms with van der Waals surface area (Å²) < 4.78 is 0. The van der Waals surface area contributed by atoms with Crippen LogP contribution in [0.3, 0.4) is 0 Å². The van der Waals surface area contributed by atoms with Crippen molar-refractivity contribution in [3.63, 3.8) is 0 Å². The van der Waals surface area contributed by atoms with E-state index in [1.165, 1.54) is 11.6 Å². The molecule has 3 aromatic rings. The smallest absolute Gasteiger partial charge is 0.254 e. The highest BCUT2D eigenvalue weighted by Crippen LogP contribution is 2.42. The molecule has 0 aliphatic carbocycles. The molecule has 0 unspecified atom stereocenters. The lowest BCUT2D eigenvalue weighted by molar-refractivity contribution is 0.0683. The van der Waals surface area contributed by atoms with Crippen LogP contribution in [0.4, 0.5) is 0 Å². The highest BCUT2D eigenvalue weighted by atomic mass is 32.1. The van der Waals surface area contributed by atoms with E-state index in [9.17, 15) is 9.59 Å². The second-order valence-corrected chi connectivity index (χ2v) is 8.47.